The minimum absolute atomic E-state index is 0.173. The Kier molecular flexibility index (Phi) is 5.12. The van der Waals surface area contributed by atoms with Crippen molar-refractivity contribution in [3.05, 3.63) is 82.9 Å². The summed E-state index contributed by atoms with van der Waals surface area (Å²) in [5, 5.41) is 12.6. The third-order valence-corrected chi connectivity index (χ3v) is 6.07. The maximum Gasteiger partial charge on any atom is 0.277 e. The number of nitrogens with one attached hydrogen (secondary N) is 1. The Morgan fingerprint density at radius 1 is 1.00 bits per heavy atom. The molecule has 0 aliphatic heterocycles. The number of nitrogens with zero attached hydrogens (tertiary/aromatic N) is 5. The Morgan fingerprint density at radius 3 is 2.52 bits per heavy atom. The van der Waals surface area contributed by atoms with Crippen molar-refractivity contribution in [1.82, 2.24) is 24.5 Å². The van der Waals surface area contributed by atoms with Crippen molar-refractivity contribution < 1.29 is 4.79 Å². The molecule has 1 aliphatic carbocycles. The summed E-state index contributed by atoms with van der Waals surface area (Å²) in [6.07, 6.45) is 4.52. The van der Waals surface area contributed by atoms with Crippen LogP contribution in [0, 0.1) is 6.92 Å². The van der Waals surface area contributed by atoms with Gasteiger partial charge in [-0.2, -0.15) is 14.9 Å². The van der Waals surface area contributed by atoms with Gasteiger partial charge in [-0.25, -0.2) is 9.67 Å². The molecule has 4 aromatic rings. The number of fused-ring (bicyclic) bond motifs is 1. The third kappa shape index (κ3) is 3.84. The molecular formula is C26H28N6O. The molecular weight excluding hydrogens is 412 g/mol. The van der Waals surface area contributed by atoms with Crippen LogP contribution in [0.15, 0.2) is 54.7 Å². The Labute approximate surface area is 193 Å². The Morgan fingerprint density at radius 2 is 1.79 bits per heavy atom. The number of carbonyl (C=O) groups is 1. The van der Waals surface area contributed by atoms with Gasteiger partial charge in [0.25, 0.3) is 5.91 Å². The predicted molar refractivity (Wildman–Crippen MR) is 128 cm³/mol. The summed E-state index contributed by atoms with van der Waals surface area (Å²) in [4.78, 5) is 17.9. The van der Waals surface area contributed by atoms with Crippen molar-refractivity contribution in [3.63, 3.8) is 0 Å². The van der Waals surface area contributed by atoms with Gasteiger partial charge in [0.2, 0.25) is 0 Å². The molecule has 3 aromatic heterocycles. The van der Waals surface area contributed by atoms with Crippen LogP contribution in [0.4, 0.5) is 5.82 Å². The molecule has 7 heteroatoms. The zero-order chi connectivity index (χ0) is 23.2. The first-order valence-electron chi connectivity index (χ1n) is 11.3. The van der Waals surface area contributed by atoms with Crippen LogP contribution < -0.4 is 5.32 Å². The Balaban J connectivity index is 1.55. The van der Waals surface area contributed by atoms with Crippen molar-refractivity contribution in [3.8, 4) is 11.5 Å². The van der Waals surface area contributed by atoms with Crippen molar-refractivity contribution in [2.45, 2.75) is 52.4 Å². The lowest BCUT2D eigenvalue weighted by Crippen LogP contribution is -2.18. The number of amides is 1. The van der Waals surface area contributed by atoms with E-state index in [-0.39, 0.29) is 11.3 Å². The average Bonchev–Trinajstić information content (AvgIpc) is 3.50. The summed E-state index contributed by atoms with van der Waals surface area (Å²) >= 11 is 0. The van der Waals surface area contributed by atoms with E-state index < -0.39 is 0 Å². The number of hydrogen-bond acceptors (Lipinski definition) is 4. The van der Waals surface area contributed by atoms with Gasteiger partial charge in [-0.15, -0.1) is 0 Å². The zero-order valence-corrected chi connectivity index (χ0v) is 19.5. The van der Waals surface area contributed by atoms with Gasteiger partial charge in [0.1, 0.15) is 5.82 Å². The predicted octanol–water partition coefficient (Wildman–Crippen LogP) is 4.80. The van der Waals surface area contributed by atoms with Gasteiger partial charge in [0.15, 0.2) is 11.5 Å². The van der Waals surface area contributed by atoms with E-state index in [4.69, 9.17) is 10.2 Å². The van der Waals surface area contributed by atoms with Crippen LogP contribution >= 0.6 is 0 Å². The molecule has 0 spiro atoms. The Hall–Kier alpha value is -3.74. The maximum atomic E-state index is 13.5. The molecule has 0 fully saturated rings. The van der Waals surface area contributed by atoms with E-state index >= 15 is 0 Å². The van der Waals surface area contributed by atoms with Crippen LogP contribution in [-0.2, 0) is 18.3 Å². The van der Waals surface area contributed by atoms with Crippen LogP contribution in [0.25, 0.3) is 11.5 Å². The number of aromatic nitrogens is 5. The third-order valence-electron chi connectivity index (χ3n) is 6.07. The number of pyridine rings is 1. The van der Waals surface area contributed by atoms with E-state index in [2.05, 4.69) is 44.1 Å². The summed E-state index contributed by atoms with van der Waals surface area (Å²) < 4.78 is 3.64. The van der Waals surface area contributed by atoms with E-state index in [9.17, 15) is 4.79 Å². The first-order valence-corrected chi connectivity index (χ1v) is 11.3. The van der Waals surface area contributed by atoms with Crippen LogP contribution in [0.2, 0.25) is 0 Å². The molecule has 5 rings (SSSR count). The van der Waals surface area contributed by atoms with Crippen molar-refractivity contribution in [2.75, 3.05) is 5.32 Å². The van der Waals surface area contributed by atoms with Gasteiger partial charge in [-0.3, -0.25) is 4.79 Å². The van der Waals surface area contributed by atoms with Gasteiger partial charge in [-0.05, 0) is 49.9 Å². The summed E-state index contributed by atoms with van der Waals surface area (Å²) in [6, 6.07) is 15.7. The summed E-state index contributed by atoms with van der Waals surface area (Å²) in [7, 11) is 0. The minimum Gasteiger partial charge on any atom is -0.305 e. The number of rotatable bonds is 4. The smallest absolute Gasteiger partial charge is 0.277 e. The van der Waals surface area contributed by atoms with E-state index in [1.165, 1.54) is 0 Å². The molecule has 33 heavy (non-hydrogen) atoms. The lowest BCUT2D eigenvalue weighted by atomic mass is 9.92. The lowest BCUT2D eigenvalue weighted by Gasteiger charge is -2.13. The van der Waals surface area contributed by atoms with Gasteiger partial charge >= 0.3 is 0 Å². The van der Waals surface area contributed by atoms with E-state index in [1.807, 2.05) is 47.1 Å². The normalized spacial score (nSPS) is 13.2. The van der Waals surface area contributed by atoms with Crippen LogP contribution in [0.5, 0.6) is 0 Å². The first kappa shape index (κ1) is 21.1. The summed E-state index contributed by atoms with van der Waals surface area (Å²) in [5.41, 5.74) is 5.50. The van der Waals surface area contributed by atoms with E-state index in [0.29, 0.717) is 17.3 Å². The minimum atomic E-state index is -0.224. The fraction of sp³-hybridized carbons (Fsp3) is 0.308. The molecule has 168 valence electrons. The first-order chi connectivity index (χ1) is 15.8. The molecule has 3 heterocycles. The van der Waals surface area contributed by atoms with E-state index in [0.717, 1.165) is 47.5 Å². The summed E-state index contributed by atoms with van der Waals surface area (Å²) in [5.74, 6) is 1.01. The van der Waals surface area contributed by atoms with Crippen molar-refractivity contribution >= 4 is 11.7 Å². The van der Waals surface area contributed by atoms with Crippen LogP contribution in [-0.4, -0.2) is 30.5 Å². The second-order valence-electron chi connectivity index (χ2n) is 9.54. The van der Waals surface area contributed by atoms with Crippen molar-refractivity contribution in [1.29, 1.82) is 0 Å². The van der Waals surface area contributed by atoms with Crippen LogP contribution in [0.1, 0.15) is 60.2 Å². The molecule has 0 atom stereocenters. The van der Waals surface area contributed by atoms with Crippen LogP contribution in [0.3, 0.4) is 0 Å². The molecule has 1 N–H and O–H groups in total. The van der Waals surface area contributed by atoms with Crippen molar-refractivity contribution in [2.24, 2.45) is 0 Å². The second-order valence-corrected chi connectivity index (χ2v) is 9.54. The van der Waals surface area contributed by atoms with Gasteiger partial charge in [-0.1, -0.05) is 45.0 Å². The number of aryl methyl sites for hydroxylation is 1. The SMILES string of the molecule is Cc1ccccc1-n1nc(C(=O)Nc2cc(C(C)(C)C)nn2-c2ccccn2)c2c1CCC2. The fourth-order valence-corrected chi connectivity index (χ4v) is 4.29. The monoisotopic (exact) mass is 440 g/mol. The highest BCUT2D eigenvalue weighted by atomic mass is 16.2. The number of para-hydroxylation sites is 1. The number of benzene rings is 1. The number of anilines is 1. The standard InChI is InChI=1S/C26H28N6O/c1-17-10-5-6-12-19(17)31-20-13-9-11-18(20)24(30-31)25(33)28-23-16-21(26(2,3)4)29-32(23)22-14-7-8-15-27-22/h5-8,10,12,14-16H,9,11,13H2,1-4H3,(H,28,33). The Bertz CT molecular complexity index is 1330. The molecule has 1 aromatic carbocycles. The molecule has 0 radical (unpaired) electrons. The molecule has 1 aliphatic rings. The average molecular weight is 441 g/mol. The molecule has 0 bridgehead atoms. The number of carbonyl (C=O) groups excluding carboxylic acids is 1. The van der Waals surface area contributed by atoms with Gasteiger partial charge in [0, 0.05) is 28.9 Å². The zero-order valence-electron chi connectivity index (χ0n) is 19.5. The highest BCUT2D eigenvalue weighted by Gasteiger charge is 2.29. The molecule has 0 unspecified atom stereocenters. The van der Waals surface area contributed by atoms with E-state index in [1.54, 1.807) is 10.9 Å². The maximum absolute atomic E-state index is 13.5. The molecule has 0 saturated carbocycles. The second kappa shape index (κ2) is 7.99. The molecule has 7 nitrogen and oxygen atoms in total. The highest BCUT2D eigenvalue weighted by Crippen LogP contribution is 2.30. The number of hydrogen-bond donors (Lipinski definition) is 1. The highest BCUT2D eigenvalue weighted by molar-refractivity contribution is 6.04. The van der Waals surface area contributed by atoms with Gasteiger partial charge < -0.3 is 5.32 Å². The van der Waals surface area contributed by atoms with Gasteiger partial charge in [0.05, 0.1) is 11.4 Å². The molecule has 0 saturated heterocycles. The quantitative estimate of drug-likeness (QED) is 0.494. The largest absolute Gasteiger partial charge is 0.305 e. The fourth-order valence-electron chi connectivity index (χ4n) is 4.29. The lowest BCUT2D eigenvalue weighted by molar-refractivity contribution is 0.102. The summed E-state index contributed by atoms with van der Waals surface area (Å²) in [6.45, 7) is 8.36. The molecule has 1 amide bonds. The topological polar surface area (TPSA) is 77.6 Å².